The van der Waals surface area contributed by atoms with Gasteiger partial charge in [-0.25, -0.2) is 0 Å². The monoisotopic (exact) mass is 394 g/mol. The normalized spacial score (nSPS) is 15.9. The van der Waals surface area contributed by atoms with Gasteiger partial charge in [-0.05, 0) is 43.0 Å². The van der Waals surface area contributed by atoms with Crippen molar-refractivity contribution in [1.29, 1.82) is 0 Å². The Kier molecular flexibility index (Phi) is 7.42. The Bertz CT molecular complexity index is 809. The van der Waals surface area contributed by atoms with E-state index in [2.05, 4.69) is 36.5 Å². The first-order valence-corrected chi connectivity index (χ1v) is 10.4. The van der Waals surface area contributed by atoms with Gasteiger partial charge in [-0.15, -0.1) is 0 Å². The van der Waals surface area contributed by atoms with Crippen molar-refractivity contribution in [2.75, 3.05) is 18.1 Å². The number of hydrogen-bond acceptors (Lipinski definition) is 3. The number of nitrogens with one attached hydrogen (secondary N) is 1. The molecule has 1 unspecified atom stereocenters. The van der Waals surface area contributed by atoms with Crippen LogP contribution in [0.4, 0.5) is 5.69 Å². The van der Waals surface area contributed by atoms with Gasteiger partial charge in [-0.1, -0.05) is 48.9 Å². The summed E-state index contributed by atoms with van der Waals surface area (Å²) in [7, 11) is 0. The molecular weight excluding hydrogens is 364 g/mol. The Morgan fingerprint density at radius 3 is 2.38 bits per heavy atom. The summed E-state index contributed by atoms with van der Waals surface area (Å²) in [5.41, 5.74) is 4.07. The summed E-state index contributed by atoms with van der Waals surface area (Å²) in [6, 6.07) is 15.9. The second-order valence-electron chi connectivity index (χ2n) is 7.60. The zero-order chi connectivity index (χ0) is 20.6. The first-order valence-electron chi connectivity index (χ1n) is 10.4. The molecule has 5 heteroatoms. The molecule has 1 heterocycles. The van der Waals surface area contributed by atoms with Gasteiger partial charge in [0.05, 0.1) is 19.1 Å². The van der Waals surface area contributed by atoms with Crippen LogP contribution in [0.5, 0.6) is 0 Å². The third-order valence-corrected chi connectivity index (χ3v) is 5.23. The van der Waals surface area contributed by atoms with Crippen molar-refractivity contribution in [1.82, 2.24) is 5.32 Å². The highest BCUT2D eigenvalue weighted by molar-refractivity contribution is 5.93. The predicted molar refractivity (Wildman–Crippen MR) is 115 cm³/mol. The van der Waals surface area contributed by atoms with Crippen molar-refractivity contribution in [2.45, 2.75) is 52.2 Å². The van der Waals surface area contributed by atoms with E-state index >= 15 is 0 Å². The van der Waals surface area contributed by atoms with Gasteiger partial charge in [0.15, 0.2) is 0 Å². The van der Waals surface area contributed by atoms with Gasteiger partial charge in [0.1, 0.15) is 0 Å². The maximum absolute atomic E-state index is 12.5. The molecule has 0 aromatic heterocycles. The van der Waals surface area contributed by atoms with Crippen LogP contribution in [0.2, 0.25) is 0 Å². The molecule has 0 spiro atoms. The maximum Gasteiger partial charge on any atom is 0.227 e. The summed E-state index contributed by atoms with van der Waals surface area (Å²) in [6.07, 6.45) is 3.00. The lowest BCUT2D eigenvalue weighted by molar-refractivity contribution is -0.121. The Morgan fingerprint density at radius 2 is 1.76 bits per heavy atom. The lowest BCUT2D eigenvalue weighted by atomic mass is 10.1. The van der Waals surface area contributed by atoms with Crippen molar-refractivity contribution < 1.29 is 14.3 Å². The minimum absolute atomic E-state index is 0.00519. The van der Waals surface area contributed by atoms with Crippen LogP contribution in [-0.2, 0) is 27.3 Å². The van der Waals surface area contributed by atoms with E-state index in [9.17, 15) is 9.59 Å². The zero-order valence-electron chi connectivity index (χ0n) is 17.3. The fourth-order valence-electron chi connectivity index (χ4n) is 3.47. The summed E-state index contributed by atoms with van der Waals surface area (Å²) >= 11 is 0. The van der Waals surface area contributed by atoms with Crippen LogP contribution in [0.1, 0.15) is 42.9 Å². The Labute approximate surface area is 173 Å². The van der Waals surface area contributed by atoms with Gasteiger partial charge in [-0.2, -0.15) is 0 Å². The highest BCUT2D eigenvalue weighted by atomic mass is 16.5. The largest absolute Gasteiger partial charge is 0.376 e. The van der Waals surface area contributed by atoms with Gasteiger partial charge in [0.2, 0.25) is 11.8 Å². The summed E-state index contributed by atoms with van der Waals surface area (Å²) in [5, 5.41) is 2.95. The quantitative estimate of drug-likeness (QED) is 0.741. The Balaban J connectivity index is 1.61. The molecule has 29 heavy (non-hydrogen) atoms. The SMILES string of the molecule is CCC(=O)N(Cc1ccc(C)cc1)c1ccc(CC(=O)NCC2CCCO2)cc1. The van der Waals surface area contributed by atoms with E-state index in [1.165, 1.54) is 5.56 Å². The number of benzene rings is 2. The van der Waals surface area contributed by atoms with E-state index in [-0.39, 0.29) is 17.9 Å². The van der Waals surface area contributed by atoms with E-state index < -0.39 is 0 Å². The molecule has 1 saturated heterocycles. The number of carbonyl (C=O) groups is 2. The second kappa shape index (κ2) is 10.2. The van der Waals surface area contributed by atoms with E-state index in [4.69, 9.17) is 4.74 Å². The minimum atomic E-state index is -0.00519. The van der Waals surface area contributed by atoms with Crippen molar-refractivity contribution in [3.05, 3.63) is 65.2 Å². The molecule has 1 aliphatic heterocycles. The second-order valence-corrected chi connectivity index (χ2v) is 7.60. The van der Waals surface area contributed by atoms with Crippen LogP contribution in [0.3, 0.4) is 0 Å². The molecule has 1 fully saturated rings. The fraction of sp³-hybridized carbons (Fsp3) is 0.417. The first-order chi connectivity index (χ1) is 14.0. The van der Waals surface area contributed by atoms with Crippen LogP contribution < -0.4 is 10.2 Å². The summed E-state index contributed by atoms with van der Waals surface area (Å²) < 4.78 is 5.53. The molecule has 1 N–H and O–H groups in total. The Hall–Kier alpha value is -2.66. The topological polar surface area (TPSA) is 58.6 Å². The number of anilines is 1. The number of aryl methyl sites for hydroxylation is 1. The molecular formula is C24H30N2O3. The molecule has 1 atom stereocenters. The molecule has 5 nitrogen and oxygen atoms in total. The van der Waals surface area contributed by atoms with Crippen molar-refractivity contribution in [3.8, 4) is 0 Å². The van der Waals surface area contributed by atoms with E-state index in [0.717, 1.165) is 36.3 Å². The van der Waals surface area contributed by atoms with E-state index in [1.54, 1.807) is 4.90 Å². The van der Waals surface area contributed by atoms with Crippen LogP contribution in [0.25, 0.3) is 0 Å². The van der Waals surface area contributed by atoms with E-state index in [0.29, 0.717) is 25.9 Å². The first kappa shape index (κ1) is 21.1. The molecule has 0 radical (unpaired) electrons. The number of ether oxygens (including phenoxy) is 1. The number of nitrogens with zero attached hydrogens (tertiary/aromatic N) is 1. The molecule has 3 rings (SSSR count). The third kappa shape index (κ3) is 6.16. The predicted octanol–water partition coefficient (Wildman–Crippen LogP) is 3.78. The third-order valence-electron chi connectivity index (χ3n) is 5.23. The Morgan fingerprint density at radius 1 is 1.07 bits per heavy atom. The molecule has 2 aromatic carbocycles. The lowest BCUT2D eigenvalue weighted by Crippen LogP contribution is -2.32. The number of carbonyl (C=O) groups excluding carboxylic acids is 2. The zero-order valence-corrected chi connectivity index (χ0v) is 17.3. The molecule has 0 saturated carbocycles. The van der Waals surface area contributed by atoms with Crippen LogP contribution in [-0.4, -0.2) is 31.1 Å². The van der Waals surface area contributed by atoms with Gasteiger partial charge in [0, 0.05) is 25.3 Å². The molecule has 154 valence electrons. The minimum Gasteiger partial charge on any atom is -0.376 e. The average Bonchev–Trinajstić information content (AvgIpc) is 3.26. The average molecular weight is 395 g/mol. The van der Waals surface area contributed by atoms with Crippen molar-refractivity contribution in [2.24, 2.45) is 0 Å². The van der Waals surface area contributed by atoms with Crippen molar-refractivity contribution >= 4 is 17.5 Å². The van der Waals surface area contributed by atoms with Crippen LogP contribution in [0, 0.1) is 6.92 Å². The summed E-state index contributed by atoms with van der Waals surface area (Å²) in [5.74, 6) is 0.0713. The molecule has 2 amide bonds. The van der Waals surface area contributed by atoms with Gasteiger partial charge < -0.3 is 15.0 Å². The number of rotatable bonds is 8. The van der Waals surface area contributed by atoms with Gasteiger partial charge in [0.25, 0.3) is 0 Å². The lowest BCUT2D eigenvalue weighted by Gasteiger charge is -2.23. The highest BCUT2D eigenvalue weighted by Crippen LogP contribution is 2.20. The molecule has 0 bridgehead atoms. The molecule has 2 aromatic rings. The summed E-state index contributed by atoms with van der Waals surface area (Å²) in [6.45, 7) is 5.82. The maximum atomic E-state index is 12.5. The smallest absolute Gasteiger partial charge is 0.227 e. The van der Waals surface area contributed by atoms with E-state index in [1.807, 2.05) is 31.2 Å². The molecule has 1 aliphatic rings. The fourth-order valence-corrected chi connectivity index (χ4v) is 3.47. The van der Waals surface area contributed by atoms with Gasteiger partial charge in [-0.3, -0.25) is 9.59 Å². The standard InChI is InChI=1S/C24H30N2O3/c1-3-24(28)26(17-20-8-6-18(2)7-9-20)21-12-10-19(11-13-21)15-23(27)25-16-22-5-4-14-29-22/h6-13,22H,3-5,14-17H2,1-2H3,(H,25,27). The summed E-state index contributed by atoms with van der Waals surface area (Å²) in [4.78, 5) is 26.5. The number of hydrogen-bond donors (Lipinski definition) is 1. The van der Waals surface area contributed by atoms with Crippen LogP contribution in [0.15, 0.2) is 48.5 Å². The van der Waals surface area contributed by atoms with Gasteiger partial charge >= 0.3 is 0 Å². The number of amides is 2. The van der Waals surface area contributed by atoms with Crippen molar-refractivity contribution in [3.63, 3.8) is 0 Å². The van der Waals surface area contributed by atoms with Crippen LogP contribution >= 0.6 is 0 Å². The highest BCUT2D eigenvalue weighted by Gasteiger charge is 2.17. The molecule has 0 aliphatic carbocycles.